The summed E-state index contributed by atoms with van der Waals surface area (Å²) in [5.74, 6) is 0.158. The van der Waals surface area contributed by atoms with E-state index in [9.17, 15) is 9.59 Å². The quantitative estimate of drug-likeness (QED) is 0.0953. The largest absolute Gasteiger partial charge is 0.519 e. The fraction of sp³-hybridized carbons (Fsp3) is 0.588. The smallest absolute Gasteiger partial charge is 0.462 e. The lowest BCUT2D eigenvalue weighted by Crippen LogP contribution is -2.17. The minimum absolute atomic E-state index is 0.133. The molecule has 2 aromatic carbocycles. The molecular formula is C34H50O5. The predicted molar refractivity (Wildman–Crippen MR) is 159 cm³/mol. The lowest BCUT2D eigenvalue weighted by atomic mass is 9.95. The molecule has 0 aliphatic rings. The first-order valence-electron chi connectivity index (χ1n) is 15.4. The van der Waals surface area contributed by atoms with Crippen LogP contribution in [0.5, 0.6) is 11.5 Å². The molecule has 39 heavy (non-hydrogen) atoms. The van der Waals surface area contributed by atoms with Crippen LogP contribution < -0.4 is 9.47 Å². The number of aryl methyl sites for hydroxylation is 1. The van der Waals surface area contributed by atoms with Gasteiger partial charge in [0.2, 0.25) is 0 Å². The van der Waals surface area contributed by atoms with Crippen molar-refractivity contribution in [2.75, 3.05) is 6.61 Å². The topological polar surface area (TPSA) is 61.8 Å². The van der Waals surface area contributed by atoms with Gasteiger partial charge in [0.15, 0.2) is 0 Å². The molecule has 2 rings (SSSR count). The van der Waals surface area contributed by atoms with Gasteiger partial charge in [0.25, 0.3) is 0 Å². The van der Waals surface area contributed by atoms with Crippen molar-refractivity contribution in [2.45, 2.75) is 124 Å². The van der Waals surface area contributed by atoms with Crippen molar-refractivity contribution in [3.8, 4) is 11.5 Å². The molecule has 0 heterocycles. The van der Waals surface area contributed by atoms with E-state index in [-0.39, 0.29) is 17.9 Å². The average molecular weight is 539 g/mol. The van der Waals surface area contributed by atoms with Crippen molar-refractivity contribution in [1.29, 1.82) is 0 Å². The van der Waals surface area contributed by atoms with Crippen LogP contribution in [0.4, 0.5) is 4.79 Å². The molecule has 0 spiro atoms. The van der Waals surface area contributed by atoms with E-state index in [4.69, 9.17) is 14.2 Å². The van der Waals surface area contributed by atoms with Gasteiger partial charge in [-0.15, -0.1) is 0 Å². The van der Waals surface area contributed by atoms with Gasteiger partial charge in [-0.2, -0.15) is 0 Å². The van der Waals surface area contributed by atoms with Crippen LogP contribution in [0.25, 0.3) is 0 Å². The SMILES string of the molecule is CCCCCCCCCc1cccc(OC(=O)Oc2ccccc2C(=O)OCC)c1CCCCCCCCC. The summed E-state index contributed by atoms with van der Waals surface area (Å²) in [5.41, 5.74) is 2.56. The fourth-order valence-corrected chi connectivity index (χ4v) is 4.89. The summed E-state index contributed by atoms with van der Waals surface area (Å²) in [6.45, 7) is 6.47. The number of hydrogen-bond donors (Lipinski definition) is 0. The molecule has 0 amide bonds. The summed E-state index contributed by atoms with van der Waals surface area (Å²) < 4.78 is 16.3. The Hall–Kier alpha value is -2.82. The summed E-state index contributed by atoms with van der Waals surface area (Å²) in [6.07, 6.45) is 18.5. The molecule has 216 valence electrons. The maximum Gasteiger partial charge on any atom is 0.519 e. The van der Waals surface area contributed by atoms with Gasteiger partial charge in [0.1, 0.15) is 17.1 Å². The van der Waals surface area contributed by atoms with Crippen LogP contribution in [0.15, 0.2) is 42.5 Å². The van der Waals surface area contributed by atoms with Crippen molar-refractivity contribution in [2.24, 2.45) is 0 Å². The van der Waals surface area contributed by atoms with Crippen molar-refractivity contribution in [1.82, 2.24) is 0 Å². The number of para-hydroxylation sites is 1. The Morgan fingerprint density at radius 1 is 0.590 bits per heavy atom. The fourth-order valence-electron chi connectivity index (χ4n) is 4.89. The Labute approximate surface area is 236 Å². The van der Waals surface area contributed by atoms with Gasteiger partial charge in [-0.25, -0.2) is 9.59 Å². The molecule has 0 radical (unpaired) electrons. The summed E-state index contributed by atoms with van der Waals surface area (Å²) in [6, 6.07) is 12.5. The third-order valence-corrected chi connectivity index (χ3v) is 7.08. The van der Waals surface area contributed by atoms with E-state index in [1.165, 1.54) is 82.6 Å². The van der Waals surface area contributed by atoms with Crippen molar-refractivity contribution in [3.05, 3.63) is 59.2 Å². The van der Waals surface area contributed by atoms with Gasteiger partial charge in [0.05, 0.1) is 6.61 Å². The number of carbonyl (C=O) groups excluding carboxylic acids is 2. The number of rotatable bonds is 20. The number of unbranched alkanes of at least 4 members (excludes halogenated alkanes) is 12. The van der Waals surface area contributed by atoms with Gasteiger partial charge < -0.3 is 14.2 Å². The monoisotopic (exact) mass is 538 g/mol. The van der Waals surface area contributed by atoms with E-state index >= 15 is 0 Å². The van der Waals surface area contributed by atoms with Crippen LogP contribution >= 0.6 is 0 Å². The highest BCUT2D eigenvalue weighted by Crippen LogP contribution is 2.28. The number of benzene rings is 2. The Bertz CT molecular complexity index is 968. The van der Waals surface area contributed by atoms with Gasteiger partial charge in [-0.1, -0.05) is 115 Å². The normalized spacial score (nSPS) is 10.8. The van der Waals surface area contributed by atoms with Crippen LogP contribution in [0.1, 0.15) is 132 Å². The molecular weight excluding hydrogens is 488 g/mol. The minimum atomic E-state index is -0.847. The Morgan fingerprint density at radius 2 is 1.13 bits per heavy atom. The molecule has 0 aliphatic heterocycles. The highest BCUT2D eigenvalue weighted by molar-refractivity contribution is 5.93. The van der Waals surface area contributed by atoms with E-state index in [0.717, 1.165) is 31.2 Å². The van der Waals surface area contributed by atoms with Crippen molar-refractivity contribution < 1.29 is 23.8 Å². The zero-order valence-corrected chi connectivity index (χ0v) is 24.6. The van der Waals surface area contributed by atoms with Gasteiger partial charge in [-0.05, 0) is 61.9 Å². The second kappa shape index (κ2) is 20.1. The summed E-state index contributed by atoms with van der Waals surface area (Å²) >= 11 is 0. The summed E-state index contributed by atoms with van der Waals surface area (Å²) in [4.78, 5) is 25.1. The minimum Gasteiger partial charge on any atom is -0.462 e. The first-order chi connectivity index (χ1) is 19.1. The third kappa shape index (κ3) is 12.7. The van der Waals surface area contributed by atoms with Crippen LogP contribution in [0, 0.1) is 0 Å². The average Bonchev–Trinajstić information content (AvgIpc) is 2.93. The molecule has 0 bridgehead atoms. The van der Waals surface area contributed by atoms with Crippen LogP contribution in [0.3, 0.4) is 0 Å². The Balaban J connectivity index is 2.06. The van der Waals surface area contributed by atoms with E-state index < -0.39 is 12.1 Å². The molecule has 0 saturated heterocycles. The molecule has 5 nitrogen and oxygen atoms in total. The Kier molecular flexibility index (Phi) is 16.7. The van der Waals surface area contributed by atoms with Gasteiger partial charge in [0, 0.05) is 0 Å². The lowest BCUT2D eigenvalue weighted by Gasteiger charge is -2.15. The molecule has 0 N–H and O–H groups in total. The summed E-state index contributed by atoms with van der Waals surface area (Å²) in [5, 5.41) is 0. The zero-order chi connectivity index (χ0) is 28.1. The highest BCUT2D eigenvalue weighted by Gasteiger charge is 2.19. The maximum atomic E-state index is 12.8. The van der Waals surface area contributed by atoms with E-state index in [1.54, 1.807) is 31.2 Å². The molecule has 0 atom stereocenters. The molecule has 2 aromatic rings. The number of carbonyl (C=O) groups is 2. The second-order valence-electron chi connectivity index (χ2n) is 10.3. The molecule has 0 unspecified atom stereocenters. The standard InChI is InChI=1S/C34H50O5/c1-4-7-9-11-13-15-17-22-28-23-21-27-31(29(28)24-18-16-14-12-10-8-5-2)38-34(36)39-32-26-20-19-25-30(32)33(35)37-6-3/h19-21,23,25-27H,4-18,22,24H2,1-3H3. The molecule has 0 aromatic heterocycles. The first kappa shape index (κ1) is 32.4. The van der Waals surface area contributed by atoms with E-state index in [0.29, 0.717) is 5.75 Å². The molecule has 0 aliphatic carbocycles. The van der Waals surface area contributed by atoms with Crippen LogP contribution in [-0.2, 0) is 17.6 Å². The number of ether oxygens (including phenoxy) is 3. The molecule has 5 heteroatoms. The van der Waals surface area contributed by atoms with Gasteiger partial charge in [-0.3, -0.25) is 0 Å². The first-order valence-corrected chi connectivity index (χ1v) is 15.4. The zero-order valence-electron chi connectivity index (χ0n) is 24.6. The molecule has 0 saturated carbocycles. The van der Waals surface area contributed by atoms with E-state index in [2.05, 4.69) is 19.9 Å². The maximum absolute atomic E-state index is 12.8. The Morgan fingerprint density at radius 3 is 1.77 bits per heavy atom. The van der Waals surface area contributed by atoms with E-state index in [1.807, 2.05) is 12.1 Å². The second-order valence-corrected chi connectivity index (χ2v) is 10.3. The number of esters is 1. The molecule has 0 fully saturated rings. The van der Waals surface area contributed by atoms with Crippen LogP contribution in [0.2, 0.25) is 0 Å². The summed E-state index contributed by atoms with van der Waals surface area (Å²) in [7, 11) is 0. The highest BCUT2D eigenvalue weighted by atomic mass is 16.7. The van der Waals surface area contributed by atoms with Crippen molar-refractivity contribution >= 4 is 12.1 Å². The van der Waals surface area contributed by atoms with Gasteiger partial charge >= 0.3 is 12.1 Å². The lowest BCUT2D eigenvalue weighted by molar-refractivity contribution is 0.0522. The predicted octanol–water partition coefficient (Wildman–Crippen LogP) is 10.0. The number of hydrogen-bond acceptors (Lipinski definition) is 5. The van der Waals surface area contributed by atoms with Crippen LogP contribution in [-0.4, -0.2) is 18.7 Å². The van der Waals surface area contributed by atoms with Crippen molar-refractivity contribution in [3.63, 3.8) is 0 Å². The third-order valence-electron chi connectivity index (χ3n) is 7.08.